The molecule has 0 saturated carbocycles. The minimum atomic E-state index is -0.545. The summed E-state index contributed by atoms with van der Waals surface area (Å²) in [6.07, 6.45) is 7.05. The molecule has 0 radical (unpaired) electrons. The topological polar surface area (TPSA) is 3.24 Å². The Balaban J connectivity index is 1.15. The van der Waals surface area contributed by atoms with Crippen LogP contribution < -0.4 is 4.90 Å². The summed E-state index contributed by atoms with van der Waals surface area (Å²) in [7, 11) is 0. The second kappa shape index (κ2) is 16.5. The van der Waals surface area contributed by atoms with Gasteiger partial charge in [-0.1, -0.05) is 204 Å². The summed E-state index contributed by atoms with van der Waals surface area (Å²) in [6.45, 7) is 9.87. The van der Waals surface area contributed by atoms with Gasteiger partial charge in [0, 0.05) is 16.9 Å². The third kappa shape index (κ3) is 6.89. The fourth-order valence-electron chi connectivity index (χ4n) is 12.4. The monoisotopic (exact) mass is 877 g/mol. The Morgan fingerprint density at radius 1 is 0.353 bits per heavy atom. The van der Waals surface area contributed by atoms with Gasteiger partial charge in [0.1, 0.15) is 0 Å². The summed E-state index contributed by atoms with van der Waals surface area (Å²) < 4.78 is 0. The molecular weight excluding hydrogens is 819 g/mol. The van der Waals surface area contributed by atoms with E-state index in [1.165, 1.54) is 120 Å². The van der Waals surface area contributed by atoms with Gasteiger partial charge in [0.15, 0.2) is 0 Å². The molecule has 332 valence electrons. The average Bonchev–Trinajstić information content (AvgIpc) is 3.68. The first kappa shape index (κ1) is 42.2. The molecule has 0 bridgehead atoms. The summed E-state index contributed by atoms with van der Waals surface area (Å²) >= 11 is 0. The number of hydrogen-bond donors (Lipinski definition) is 0. The molecule has 0 saturated heterocycles. The fourth-order valence-corrected chi connectivity index (χ4v) is 12.4. The number of hydrogen-bond acceptors (Lipinski definition) is 1. The predicted octanol–water partition coefficient (Wildman–Crippen LogP) is 17.7. The van der Waals surface area contributed by atoms with Gasteiger partial charge in [0.25, 0.3) is 0 Å². The molecule has 3 aliphatic carbocycles. The molecule has 1 heteroatoms. The molecule has 0 spiro atoms. The molecular formula is C67H59N. The summed E-state index contributed by atoms with van der Waals surface area (Å²) in [5.74, 6) is 0. The van der Waals surface area contributed by atoms with E-state index < -0.39 is 5.41 Å². The summed E-state index contributed by atoms with van der Waals surface area (Å²) in [4.78, 5) is 2.61. The van der Waals surface area contributed by atoms with Crippen molar-refractivity contribution in [3.63, 3.8) is 0 Å². The van der Waals surface area contributed by atoms with Gasteiger partial charge in [-0.2, -0.15) is 0 Å². The summed E-state index contributed by atoms with van der Waals surface area (Å²) in [5, 5.41) is 0. The predicted molar refractivity (Wildman–Crippen MR) is 287 cm³/mol. The van der Waals surface area contributed by atoms with Crippen molar-refractivity contribution in [3.05, 3.63) is 257 Å². The van der Waals surface area contributed by atoms with Crippen LogP contribution >= 0.6 is 0 Å². The molecule has 1 nitrogen and oxygen atoms in total. The maximum absolute atomic E-state index is 2.61. The molecule has 12 rings (SSSR count). The first-order valence-electron chi connectivity index (χ1n) is 24.9. The number of anilines is 3. The maximum atomic E-state index is 2.61. The number of rotatable bonds is 8. The first-order valence-corrected chi connectivity index (χ1v) is 24.9. The van der Waals surface area contributed by atoms with E-state index in [1.807, 2.05) is 0 Å². The first-order chi connectivity index (χ1) is 33.2. The minimum Gasteiger partial charge on any atom is -0.310 e. The molecule has 0 unspecified atom stereocenters. The number of aryl methyl sites for hydroxylation is 2. The fraction of sp³-hybridized carbons (Fsp3) is 0.194. The zero-order chi connectivity index (χ0) is 46.0. The van der Waals surface area contributed by atoms with Gasteiger partial charge in [-0.25, -0.2) is 0 Å². The second-order valence-corrected chi connectivity index (χ2v) is 20.9. The lowest BCUT2D eigenvalue weighted by molar-refractivity contribution is 0.333. The third-order valence-corrected chi connectivity index (χ3v) is 16.0. The normalized spacial score (nSPS) is 15.9. The molecule has 0 amide bonds. The van der Waals surface area contributed by atoms with Crippen LogP contribution in [0.4, 0.5) is 17.1 Å². The van der Waals surface area contributed by atoms with E-state index in [4.69, 9.17) is 0 Å². The SMILES string of the molecule is CC1(C)CCC(C)(C)c2c(-c3cc4c(cc3N(c3ccc(-c5ccc(-c6ccccc6)cc5)cc3)c3ccc5c(c3)CCCC5)C(c3ccccc3)(c3ccccc3)c3ccccc3-4)cccc21. The Labute approximate surface area is 403 Å². The molecule has 0 fully saturated rings. The Bertz CT molecular complexity index is 3260. The van der Waals surface area contributed by atoms with Gasteiger partial charge in [-0.15, -0.1) is 0 Å². The van der Waals surface area contributed by atoms with Crippen molar-refractivity contribution in [1.29, 1.82) is 0 Å². The molecule has 0 aromatic heterocycles. The summed E-state index contributed by atoms with van der Waals surface area (Å²) in [5.41, 5.74) is 24.3. The molecule has 0 atom stereocenters. The molecule has 0 N–H and O–H groups in total. The third-order valence-electron chi connectivity index (χ3n) is 16.0. The van der Waals surface area contributed by atoms with Crippen LogP contribution in [0.15, 0.2) is 212 Å². The zero-order valence-corrected chi connectivity index (χ0v) is 39.9. The van der Waals surface area contributed by atoms with Crippen LogP contribution in [-0.2, 0) is 29.1 Å². The van der Waals surface area contributed by atoms with Gasteiger partial charge in [0.05, 0.1) is 11.1 Å². The van der Waals surface area contributed by atoms with Gasteiger partial charge in [0.2, 0.25) is 0 Å². The largest absolute Gasteiger partial charge is 0.310 e. The second-order valence-electron chi connectivity index (χ2n) is 20.9. The quantitative estimate of drug-likeness (QED) is 0.147. The van der Waals surface area contributed by atoms with Crippen LogP contribution in [0, 0.1) is 0 Å². The Hall–Kier alpha value is -7.22. The molecule has 0 heterocycles. The lowest BCUT2D eigenvalue weighted by Crippen LogP contribution is -2.34. The Kier molecular flexibility index (Phi) is 10.2. The summed E-state index contributed by atoms with van der Waals surface area (Å²) in [6, 6.07) is 80.6. The van der Waals surface area contributed by atoms with Crippen LogP contribution in [0.5, 0.6) is 0 Å². The molecule has 3 aliphatic rings. The van der Waals surface area contributed by atoms with Crippen molar-refractivity contribution in [2.45, 2.75) is 82.5 Å². The van der Waals surface area contributed by atoms with E-state index in [1.54, 1.807) is 0 Å². The lowest BCUT2D eigenvalue weighted by atomic mass is 9.61. The van der Waals surface area contributed by atoms with Crippen molar-refractivity contribution in [1.82, 2.24) is 0 Å². The van der Waals surface area contributed by atoms with E-state index in [2.05, 4.69) is 245 Å². The standard InChI is InChI=1S/C67H59N/c1-65(2)41-42-66(3,4)64-57(28-18-30-61(64)65)59-44-58-56-27-16-17-29-60(56)67(52-23-10-6-11-24-52,53-25-12-7-13-26-53)62(58)45-63(59)68(55-40-37-47-21-14-15-22-51(47)43-55)54-38-35-50(36-39-54)49-33-31-48(32-34-49)46-19-8-5-9-20-46/h5-13,16-20,23-40,43-45H,14-15,21-22,41-42H2,1-4H3. The molecule has 0 aliphatic heterocycles. The Morgan fingerprint density at radius 3 is 1.53 bits per heavy atom. The average molecular weight is 878 g/mol. The van der Waals surface area contributed by atoms with E-state index >= 15 is 0 Å². The number of nitrogens with zero attached hydrogens (tertiary/aromatic N) is 1. The van der Waals surface area contributed by atoms with Crippen molar-refractivity contribution in [3.8, 4) is 44.5 Å². The van der Waals surface area contributed by atoms with Crippen molar-refractivity contribution < 1.29 is 0 Å². The van der Waals surface area contributed by atoms with E-state index in [0.717, 1.165) is 24.9 Å². The van der Waals surface area contributed by atoms with Crippen LogP contribution in [0.1, 0.15) is 97.9 Å². The molecule has 68 heavy (non-hydrogen) atoms. The zero-order valence-electron chi connectivity index (χ0n) is 39.9. The van der Waals surface area contributed by atoms with Crippen LogP contribution in [0.3, 0.4) is 0 Å². The highest BCUT2D eigenvalue weighted by atomic mass is 15.1. The highest BCUT2D eigenvalue weighted by Crippen LogP contribution is 2.60. The van der Waals surface area contributed by atoms with Crippen LogP contribution in [0.25, 0.3) is 44.5 Å². The van der Waals surface area contributed by atoms with E-state index in [0.29, 0.717) is 0 Å². The minimum absolute atomic E-state index is 0.0121. The maximum Gasteiger partial charge on any atom is 0.0714 e. The van der Waals surface area contributed by atoms with Crippen LogP contribution in [-0.4, -0.2) is 0 Å². The van der Waals surface area contributed by atoms with Gasteiger partial charge in [-0.05, 0) is 169 Å². The van der Waals surface area contributed by atoms with Gasteiger partial charge < -0.3 is 4.90 Å². The van der Waals surface area contributed by atoms with Crippen LogP contribution in [0.2, 0.25) is 0 Å². The van der Waals surface area contributed by atoms with Crippen molar-refractivity contribution >= 4 is 17.1 Å². The number of fused-ring (bicyclic) bond motifs is 5. The van der Waals surface area contributed by atoms with E-state index in [9.17, 15) is 0 Å². The highest BCUT2D eigenvalue weighted by Gasteiger charge is 2.47. The van der Waals surface area contributed by atoms with Gasteiger partial charge >= 0.3 is 0 Å². The molecule has 9 aromatic rings. The van der Waals surface area contributed by atoms with E-state index in [-0.39, 0.29) is 10.8 Å². The lowest BCUT2D eigenvalue weighted by Gasteiger charge is -2.43. The van der Waals surface area contributed by atoms with Gasteiger partial charge in [-0.3, -0.25) is 0 Å². The van der Waals surface area contributed by atoms with Crippen molar-refractivity contribution in [2.24, 2.45) is 0 Å². The smallest absolute Gasteiger partial charge is 0.0714 e. The molecule has 9 aromatic carbocycles. The van der Waals surface area contributed by atoms with Crippen molar-refractivity contribution in [2.75, 3.05) is 4.90 Å². The highest BCUT2D eigenvalue weighted by molar-refractivity contribution is 5.98. The Morgan fingerprint density at radius 2 is 0.868 bits per heavy atom. The number of benzene rings is 9.